The Labute approximate surface area is 142 Å². The third-order valence-corrected chi connectivity index (χ3v) is 4.90. The van der Waals surface area contributed by atoms with Gasteiger partial charge in [0.05, 0.1) is 12.3 Å². The van der Waals surface area contributed by atoms with E-state index < -0.39 is 6.04 Å². The zero-order valence-electron chi connectivity index (χ0n) is 15.0. The van der Waals surface area contributed by atoms with Gasteiger partial charge in [-0.3, -0.25) is 14.6 Å². The molecule has 0 aromatic carbocycles. The number of amidine groups is 1. The molecule has 3 amide bonds. The van der Waals surface area contributed by atoms with Gasteiger partial charge in [0.2, 0.25) is 11.9 Å². The second-order valence-electron chi connectivity index (χ2n) is 6.40. The molecule has 2 atom stereocenters. The molecule has 3 aliphatic heterocycles. The smallest absolute Gasteiger partial charge is 0.270 e. The molecule has 0 spiro atoms. The van der Waals surface area contributed by atoms with E-state index in [0.29, 0.717) is 24.9 Å². The second kappa shape index (κ2) is 5.99. The average molecular weight is 333 g/mol. The normalized spacial score (nSPS) is 26.6. The van der Waals surface area contributed by atoms with Crippen LogP contribution in [0.4, 0.5) is 4.79 Å². The fourth-order valence-corrected chi connectivity index (χ4v) is 3.31. The van der Waals surface area contributed by atoms with Crippen LogP contribution < -0.4 is 0 Å². The number of amides is 3. The summed E-state index contributed by atoms with van der Waals surface area (Å²) in [5.41, 5.74) is 0.935. The predicted octanol–water partition coefficient (Wildman–Crippen LogP) is 0.930. The van der Waals surface area contributed by atoms with Gasteiger partial charge < -0.3 is 0 Å². The van der Waals surface area contributed by atoms with Crippen LogP contribution in [-0.4, -0.2) is 81.1 Å². The lowest BCUT2D eigenvalue weighted by molar-refractivity contribution is -0.559. The summed E-state index contributed by atoms with van der Waals surface area (Å²) in [5, 5.41) is 6.35. The van der Waals surface area contributed by atoms with Crippen molar-refractivity contribution in [3.63, 3.8) is 0 Å². The van der Waals surface area contributed by atoms with Crippen LogP contribution in [-0.2, 0) is 4.79 Å². The number of nitrogens with zero attached hydrogens (tertiary/aromatic N) is 6. The molecule has 3 rings (SSSR count). The predicted molar refractivity (Wildman–Crippen MR) is 91.2 cm³/mol. The van der Waals surface area contributed by atoms with Crippen molar-refractivity contribution in [2.45, 2.75) is 52.6 Å². The Kier molecular flexibility index (Phi) is 4.15. The molecule has 0 aromatic heterocycles. The van der Waals surface area contributed by atoms with Crippen molar-refractivity contribution < 1.29 is 14.2 Å². The van der Waals surface area contributed by atoms with Crippen LogP contribution >= 0.6 is 0 Å². The standard InChI is InChI=1S/C16H25N6O2/c1-6-8-9-20-14(23)12-13(19(5)16(20)24)17-15-21(7-2)18-10(3)11(4)22(12)15/h11-12H,6-9H2,1-5H3/q+1. The molecule has 3 heterocycles. The number of rotatable bonds is 4. The summed E-state index contributed by atoms with van der Waals surface area (Å²) in [6.07, 6.45) is 1.73. The molecule has 0 aliphatic carbocycles. The summed E-state index contributed by atoms with van der Waals surface area (Å²) < 4.78 is 1.99. The van der Waals surface area contributed by atoms with Gasteiger partial charge in [-0.2, -0.15) is 0 Å². The number of carbonyl (C=O) groups is 2. The number of hydrogen-bond acceptors (Lipinski definition) is 5. The van der Waals surface area contributed by atoms with Crippen LogP contribution in [0, 0.1) is 0 Å². The molecule has 130 valence electrons. The SMILES string of the molecule is CCCCN1C(=O)C2C(=NC3=[N+]2C(C)C(C)=NN3CC)N(C)C1=O. The van der Waals surface area contributed by atoms with Crippen molar-refractivity contribution >= 4 is 29.4 Å². The van der Waals surface area contributed by atoms with Crippen molar-refractivity contribution in [2.24, 2.45) is 10.1 Å². The molecule has 0 radical (unpaired) electrons. The van der Waals surface area contributed by atoms with Crippen LogP contribution in [0.2, 0.25) is 0 Å². The number of guanidine groups is 1. The lowest BCUT2D eigenvalue weighted by Gasteiger charge is -2.35. The average Bonchev–Trinajstić information content (AvgIpc) is 2.97. The Hall–Kier alpha value is -2.25. The largest absolute Gasteiger partial charge is 0.416 e. The van der Waals surface area contributed by atoms with E-state index in [1.165, 1.54) is 9.80 Å². The van der Waals surface area contributed by atoms with Gasteiger partial charge in [-0.15, -0.1) is 10.1 Å². The van der Waals surface area contributed by atoms with Gasteiger partial charge in [-0.1, -0.05) is 18.3 Å². The number of fused-ring (bicyclic) bond motifs is 2. The topological polar surface area (TPSA) is 71.6 Å². The molecule has 0 N–H and O–H groups in total. The number of hydrazone groups is 1. The number of likely N-dealkylation sites (N-methyl/N-ethyl adjacent to an activating group) is 1. The third kappa shape index (κ3) is 2.23. The quantitative estimate of drug-likeness (QED) is 0.719. The molecule has 24 heavy (non-hydrogen) atoms. The summed E-state index contributed by atoms with van der Waals surface area (Å²) >= 11 is 0. The first-order valence-electron chi connectivity index (χ1n) is 8.57. The van der Waals surface area contributed by atoms with Gasteiger partial charge in [0.25, 0.3) is 5.91 Å². The highest BCUT2D eigenvalue weighted by atomic mass is 16.2. The fraction of sp³-hybridized carbons (Fsp3) is 0.688. The third-order valence-electron chi connectivity index (χ3n) is 4.90. The number of urea groups is 1. The molecule has 0 saturated carbocycles. The molecule has 0 aromatic rings. The Bertz CT molecular complexity index is 680. The van der Waals surface area contributed by atoms with E-state index in [4.69, 9.17) is 0 Å². The minimum Gasteiger partial charge on any atom is -0.270 e. The van der Waals surface area contributed by atoms with Crippen LogP contribution in [0.1, 0.15) is 40.5 Å². The Morgan fingerprint density at radius 2 is 1.96 bits per heavy atom. The monoisotopic (exact) mass is 333 g/mol. The lowest BCUT2D eigenvalue weighted by Crippen LogP contribution is -2.64. The van der Waals surface area contributed by atoms with Crippen LogP contribution in [0.3, 0.4) is 0 Å². The van der Waals surface area contributed by atoms with Crippen molar-refractivity contribution in [3.05, 3.63) is 0 Å². The first kappa shape index (κ1) is 16.6. The molecule has 0 bridgehead atoms. The molecule has 8 heteroatoms. The highest BCUT2D eigenvalue weighted by Gasteiger charge is 2.55. The van der Waals surface area contributed by atoms with Gasteiger partial charge in [0, 0.05) is 13.6 Å². The maximum atomic E-state index is 13.1. The fourth-order valence-electron chi connectivity index (χ4n) is 3.31. The molecular formula is C16H25N6O2+. The number of unbranched alkanes of at least 4 members (excludes halogenated alkanes) is 1. The zero-order chi connectivity index (χ0) is 17.6. The number of aliphatic imine (C=N–C) groups is 1. The summed E-state index contributed by atoms with van der Waals surface area (Å²) in [7, 11) is 1.69. The van der Waals surface area contributed by atoms with E-state index in [1.807, 2.05) is 32.3 Å². The highest BCUT2D eigenvalue weighted by Crippen LogP contribution is 2.25. The van der Waals surface area contributed by atoms with Gasteiger partial charge >= 0.3 is 12.0 Å². The van der Waals surface area contributed by atoms with Crippen LogP contribution in [0.25, 0.3) is 0 Å². The van der Waals surface area contributed by atoms with Gasteiger partial charge in [-0.25, -0.2) is 9.37 Å². The van der Waals surface area contributed by atoms with E-state index in [0.717, 1.165) is 18.6 Å². The summed E-state index contributed by atoms with van der Waals surface area (Å²) in [6.45, 7) is 9.12. The Morgan fingerprint density at radius 3 is 2.58 bits per heavy atom. The maximum Gasteiger partial charge on any atom is 0.416 e. The number of imide groups is 1. The van der Waals surface area contributed by atoms with Crippen LogP contribution in [0.5, 0.6) is 0 Å². The minimum atomic E-state index is -0.547. The molecular weight excluding hydrogens is 308 g/mol. The lowest BCUT2D eigenvalue weighted by atomic mass is 10.1. The van der Waals surface area contributed by atoms with Gasteiger partial charge in [0.1, 0.15) is 6.04 Å². The summed E-state index contributed by atoms with van der Waals surface area (Å²) in [4.78, 5) is 33.1. The Morgan fingerprint density at radius 1 is 1.25 bits per heavy atom. The molecule has 8 nitrogen and oxygen atoms in total. The van der Waals surface area contributed by atoms with Crippen molar-refractivity contribution in [2.75, 3.05) is 20.1 Å². The van der Waals surface area contributed by atoms with E-state index in [2.05, 4.69) is 10.1 Å². The summed E-state index contributed by atoms with van der Waals surface area (Å²) in [5.74, 6) is 0.974. The first-order valence-corrected chi connectivity index (χ1v) is 8.57. The van der Waals surface area contributed by atoms with Crippen molar-refractivity contribution in [1.29, 1.82) is 0 Å². The molecule has 3 aliphatic rings. The van der Waals surface area contributed by atoms with E-state index in [1.54, 1.807) is 12.1 Å². The van der Waals surface area contributed by atoms with Gasteiger partial charge in [-0.05, 0) is 27.2 Å². The summed E-state index contributed by atoms with van der Waals surface area (Å²) in [6, 6.07) is -0.876. The molecule has 1 saturated heterocycles. The van der Waals surface area contributed by atoms with Crippen LogP contribution in [0.15, 0.2) is 10.1 Å². The highest BCUT2D eigenvalue weighted by molar-refractivity contribution is 6.23. The Balaban J connectivity index is 2.03. The van der Waals surface area contributed by atoms with E-state index in [9.17, 15) is 9.59 Å². The number of carbonyl (C=O) groups excluding carboxylic acids is 2. The number of hydrogen-bond donors (Lipinski definition) is 0. The molecule has 1 fully saturated rings. The maximum absolute atomic E-state index is 13.1. The second-order valence-corrected chi connectivity index (χ2v) is 6.40. The van der Waals surface area contributed by atoms with Crippen molar-refractivity contribution in [3.8, 4) is 0 Å². The molecule has 2 unspecified atom stereocenters. The first-order chi connectivity index (χ1) is 11.4. The zero-order valence-corrected chi connectivity index (χ0v) is 15.0. The minimum absolute atomic E-state index is 0.0346. The van der Waals surface area contributed by atoms with Crippen molar-refractivity contribution in [1.82, 2.24) is 14.8 Å². The van der Waals surface area contributed by atoms with Gasteiger partial charge in [0.15, 0.2) is 0 Å². The van der Waals surface area contributed by atoms with E-state index in [-0.39, 0.29) is 18.0 Å². The van der Waals surface area contributed by atoms with E-state index >= 15 is 0 Å².